The minimum absolute atomic E-state index is 0.190. The summed E-state index contributed by atoms with van der Waals surface area (Å²) in [6.07, 6.45) is 4.18. The molecule has 0 amide bonds. The van der Waals surface area contributed by atoms with Crippen LogP contribution in [0.25, 0.3) is 10.9 Å². The Morgan fingerprint density at radius 2 is 2.09 bits per heavy atom. The topological polar surface area (TPSA) is 71.5 Å². The van der Waals surface area contributed by atoms with Crippen molar-refractivity contribution in [3.63, 3.8) is 0 Å². The molecule has 0 aliphatic heterocycles. The van der Waals surface area contributed by atoms with Crippen molar-refractivity contribution in [3.8, 4) is 0 Å². The zero-order chi connectivity index (χ0) is 7.68. The summed E-state index contributed by atoms with van der Waals surface area (Å²) in [6.45, 7) is 0. The highest BCUT2D eigenvalue weighted by Crippen LogP contribution is 1.97. The Balaban J connectivity index is 3.03. The van der Waals surface area contributed by atoms with E-state index in [1.54, 1.807) is 0 Å². The molecule has 0 saturated carbocycles. The Labute approximate surface area is 61.1 Å². The lowest BCUT2D eigenvalue weighted by Crippen LogP contribution is -2.06. The van der Waals surface area contributed by atoms with Gasteiger partial charge in [-0.2, -0.15) is 10.2 Å². The molecule has 0 aliphatic carbocycles. The molecular weight excluding hydrogens is 144 g/mol. The molecule has 0 aromatic carbocycles. The van der Waals surface area contributed by atoms with Crippen LogP contribution in [0, 0.1) is 0 Å². The first-order valence-electron chi connectivity index (χ1n) is 3.02. The lowest BCUT2D eigenvalue weighted by atomic mass is 10.4. The van der Waals surface area contributed by atoms with E-state index < -0.39 is 0 Å². The number of nitrogens with one attached hydrogen (secondary N) is 1. The Morgan fingerprint density at radius 1 is 1.27 bits per heavy atom. The van der Waals surface area contributed by atoms with E-state index in [9.17, 15) is 4.79 Å². The average Bonchev–Trinajstić information content (AvgIpc) is 2.06. The fourth-order valence-corrected chi connectivity index (χ4v) is 0.831. The highest BCUT2D eigenvalue weighted by molar-refractivity contribution is 5.74. The van der Waals surface area contributed by atoms with Gasteiger partial charge in [0.1, 0.15) is 0 Å². The first-order chi connectivity index (χ1) is 5.38. The Bertz CT molecular complexity index is 430. The van der Waals surface area contributed by atoms with Crippen LogP contribution in [0.1, 0.15) is 0 Å². The fourth-order valence-electron chi connectivity index (χ4n) is 0.831. The molecule has 0 fully saturated rings. The number of fused-ring (bicyclic) bond motifs is 1. The summed E-state index contributed by atoms with van der Waals surface area (Å²) in [4.78, 5) is 17.3. The van der Waals surface area contributed by atoms with Crippen molar-refractivity contribution >= 4 is 10.9 Å². The van der Waals surface area contributed by atoms with E-state index in [1.165, 1.54) is 18.7 Å². The van der Waals surface area contributed by atoms with E-state index in [0.717, 1.165) is 0 Å². The van der Waals surface area contributed by atoms with Crippen molar-refractivity contribution < 1.29 is 0 Å². The second kappa shape index (κ2) is 2.12. The third kappa shape index (κ3) is 0.861. The number of aromatic nitrogens is 4. The molecule has 0 bridgehead atoms. The zero-order valence-electron chi connectivity index (χ0n) is 5.48. The van der Waals surface area contributed by atoms with Crippen molar-refractivity contribution in [2.45, 2.75) is 0 Å². The van der Waals surface area contributed by atoms with Gasteiger partial charge < -0.3 is 4.98 Å². The maximum absolute atomic E-state index is 11.0. The van der Waals surface area contributed by atoms with Crippen molar-refractivity contribution in [3.05, 3.63) is 29.1 Å². The van der Waals surface area contributed by atoms with Gasteiger partial charge in [0, 0.05) is 0 Å². The van der Waals surface area contributed by atoms with E-state index in [-0.39, 0.29) is 5.56 Å². The molecule has 0 radical (unpaired) electrons. The van der Waals surface area contributed by atoms with E-state index >= 15 is 0 Å². The third-order valence-corrected chi connectivity index (χ3v) is 1.35. The van der Waals surface area contributed by atoms with Crippen molar-refractivity contribution in [2.24, 2.45) is 0 Å². The van der Waals surface area contributed by atoms with Crippen LogP contribution < -0.4 is 5.56 Å². The van der Waals surface area contributed by atoms with Gasteiger partial charge in [-0.3, -0.25) is 4.79 Å². The third-order valence-electron chi connectivity index (χ3n) is 1.35. The second-order valence-corrected chi connectivity index (χ2v) is 2.02. The van der Waals surface area contributed by atoms with Gasteiger partial charge in [0.2, 0.25) is 0 Å². The van der Waals surface area contributed by atoms with Crippen LogP contribution in [0.2, 0.25) is 0 Å². The van der Waals surface area contributed by atoms with Crippen LogP contribution in [0.3, 0.4) is 0 Å². The molecule has 2 heterocycles. The van der Waals surface area contributed by atoms with Gasteiger partial charge in [-0.25, -0.2) is 4.98 Å². The summed E-state index contributed by atoms with van der Waals surface area (Å²) in [6, 6.07) is 0. The monoisotopic (exact) mass is 148 g/mol. The zero-order valence-corrected chi connectivity index (χ0v) is 5.48. The molecule has 5 heteroatoms. The molecule has 5 nitrogen and oxygen atoms in total. The van der Waals surface area contributed by atoms with Gasteiger partial charge in [-0.05, 0) is 0 Å². The van der Waals surface area contributed by atoms with E-state index in [0.29, 0.717) is 10.9 Å². The van der Waals surface area contributed by atoms with Gasteiger partial charge in [-0.15, -0.1) is 0 Å². The molecule has 11 heavy (non-hydrogen) atoms. The first kappa shape index (κ1) is 5.96. The Kier molecular flexibility index (Phi) is 1.15. The number of rotatable bonds is 0. The fraction of sp³-hybridized carbons (Fsp3) is 0. The van der Waals surface area contributed by atoms with Crippen molar-refractivity contribution in [1.82, 2.24) is 20.2 Å². The van der Waals surface area contributed by atoms with E-state index in [2.05, 4.69) is 20.2 Å². The minimum Gasteiger partial charge on any atom is -0.313 e. The molecule has 2 rings (SSSR count). The van der Waals surface area contributed by atoms with Gasteiger partial charge in [-0.1, -0.05) is 0 Å². The molecule has 0 atom stereocenters. The number of aromatic amines is 1. The summed E-state index contributed by atoms with van der Waals surface area (Å²) in [7, 11) is 0. The molecular formula is C6H4N4O. The molecule has 0 saturated heterocycles. The standard InChI is InChI=1S/C6H4N4O/c11-6-4-1-9-10-2-5(4)7-3-8-6/h1-3H,(H,7,8,11). The quantitative estimate of drug-likeness (QED) is 0.557. The molecule has 0 spiro atoms. The van der Waals surface area contributed by atoms with Crippen LogP contribution in [0.4, 0.5) is 0 Å². The molecule has 2 aromatic heterocycles. The van der Waals surface area contributed by atoms with Gasteiger partial charge in [0.25, 0.3) is 5.56 Å². The van der Waals surface area contributed by atoms with Crippen molar-refractivity contribution in [2.75, 3.05) is 0 Å². The second-order valence-electron chi connectivity index (χ2n) is 2.02. The Hall–Kier alpha value is -1.78. The Morgan fingerprint density at radius 3 is 2.91 bits per heavy atom. The lowest BCUT2D eigenvalue weighted by molar-refractivity contribution is 1.03. The number of nitrogens with zero attached hydrogens (tertiary/aromatic N) is 3. The van der Waals surface area contributed by atoms with Gasteiger partial charge in [0.15, 0.2) is 0 Å². The predicted molar refractivity (Wildman–Crippen MR) is 38.0 cm³/mol. The van der Waals surface area contributed by atoms with Crippen LogP contribution >= 0.6 is 0 Å². The number of H-pyrrole nitrogens is 1. The van der Waals surface area contributed by atoms with Crippen LogP contribution in [0.15, 0.2) is 23.5 Å². The molecule has 54 valence electrons. The maximum atomic E-state index is 11.0. The van der Waals surface area contributed by atoms with Crippen LogP contribution in [-0.2, 0) is 0 Å². The number of hydrogen-bond donors (Lipinski definition) is 1. The normalized spacial score (nSPS) is 10.2. The lowest BCUT2D eigenvalue weighted by Gasteiger charge is -1.89. The van der Waals surface area contributed by atoms with Gasteiger partial charge >= 0.3 is 0 Å². The highest BCUT2D eigenvalue weighted by Gasteiger charge is 1.96. The summed E-state index contributed by atoms with van der Waals surface area (Å²) < 4.78 is 0. The summed E-state index contributed by atoms with van der Waals surface area (Å²) in [5.74, 6) is 0. The molecule has 2 aromatic rings. The SMILES string of the molecule is O=c1[nH]cnc2cnncc12. The summed E-state index contributed by atoms with van der Waals surface area (Å²) in [5.41, 5.74) is 0.369. The predicted octanol–water partition coefficient (Wildman–Crippen LogP) is -0.287. The van der Waals surface area contributed by atoms with Crippen molar-refractivity contribution in [1.29, 1.82) is 0 Å². The van der Waals surface area contributed by atoms with Gasteiger partial charge in [0.05, 0.1) is 29.6 Å². The number of hydrogen-bond acceptors (Lipinski definition) is 4. The highest BCUT2D eigenvalue weighted by atomic mass is 16.1. The summed E-state index contributed by atoms with van der Waals surface area (Å²) in [5, 5.41) is 7.61. The largest absolute Gasteiger partial charge is 0.313 e. The molecule has 0 aliphatic rings. The van der Waals surface area contributed by atoms with E-state index in [1.807, 2.05) is 0 Å². The maximum Gasteiger partial charge on any atom is 0.260 e. The molecule has 0 unspecified atom stereocenters. The van der Waals surface area contributed by atoms with Crippen LogP contribution in [-0.4, -0.2) is 20.2 Å². The average molecular weight is 148 g/mol. The summed E-state index contributed by atoms with van der Waals surface area (Å²) >= 11 is 0. The first-order valence-corrected chi connectivity index (χ1v) is 3.02. The smallest absolute Gasteiger partial charge is 0.260 e. The van der Waals surface area contributed by atoms with Crippen LogP contribution in [0.5, 0.6) is 0 Å². The molecule has 1 N–H and O–H groups in total. The van der Waals surface area contributed by atoms with E-state index in [4.69, 9.17) is 0 Å². The minimum atomic E-state index is -0.190.